The molecule has 0 unspecified atom stereocenters. The Labute approximate surface area is 119 Å². The van der Waals surface area contributed by atoms with Gasteiger partial charge in [-0.15, -0.1) is 0 Å². The summed E-state index contributed by atoms with van der Waals surface area (Å²) in [5, 5.41) is 2.55. The topological polar surface area (TPSA) is 47.0 Å². The molecular formula is C14H12F3N3O. The van der Waals surface area contributed by atoms with E-state index in [1.165, 1.54) is 7.05 Å². The Balaban J connectivity index is 2.17. The number of nitrogens with zero attached hydrogens (tertiary/aromatic N) is 2. The molecule has 7 heteroatoms. The first-order chi connectivity index (χ1) is 9.99. The third kappa shape index (κ3) is 2.51. The molecule has 1 aliphatic heterocycles. The average Bonchev–Trinajstić information content (AvgIpc) is 2.94. The molecule has 1 aromatic carbocycles. The maximum Gasteiger partial charge on any atom is 0.433 e. The number of alkyl halides is 3. The maximum absolute atomic E-state index is 12.9. The summed E-state index contributed by atoms with van der Waals surface area (Å²) >= 11 is 0. The zero-order valence-electron chi connectivity index (χ0n) is 11.2. The van der Waals surface area contributed by atoms with Crippen molar-refractivity contribution in [2.45, 2.75) is 12.6 Å². The van der Waals surface area contributed by atoms with Crippen LogP contribution in [0.4, 0.5) is 19.1 Å². The van der Waals surface area contributed by atoms with E-state index in [4.69, 9.17) is 4.74 Å². The molecule has 1 aromatic heterocycles. The molecule has 0 atom stereocenters. The number of halogens is 3. The highest BCUT2D eigenvalue weighted by atomic mass is 19.4. The lowest BCUT2D eigenvalue weighted by Crippen LogP contribution is -2.11. The largest absolute Gasteiger partial charge is 0.492 e. The lowest BCUT2D eigenvalue weighted by atomic mass is 10.0. The number of nitrogens with one attached hydrogen (secondary N) is 1. The lowest BCUT2D eigenvalue weighted by Gasteiger charge is -2.12. The van der Waals surface area contributed by atoms with Crippen molar-refractivity contribution in [2.75, 3.05) is 19.0 Å². The first-order valence-electron chi connectivity index (χ1n) is 6.38. The SMILES string of the molecule is CNc1nc(-c2cccc3c2OCC3)cc(C(F)(F)F)n1. The van der Waals surface area contributed by atoms with Crippen LogP contribution in [0.15, 0.2) is 24.3 Å². The van der Waals surface area contributed by atoms with E-state index in [0.29, 0.717) is 17.9 Å². The fourth-order valence-corrected chi connectivity index (χ4v) is 2.26. The van der Waals surface area contributed by atoms with Crippen LogP contribution < -0.4 is 10.1 Å². The van der Waals surface area contributed by atoms with Crippen molar-refractivity contribution in [3.05, 3.63) is 35.5 Å². The van der Waals surface area contributed by atoms with Crippen molar-refractivity contribution < 1.29 is 17.9 Å². The Hall–Kier alpha value is -2.31. The van der Waals surface area contributed by atoms with E-state index < -0.39 is 11.9 Å². The van der Waals surface area contributed by atoms with Gasteiger partial charge >= 0.3 is 6.18 Å². The van der Waals surface area contributed by atoms with Crippen LogP contribution in [0.1, 0.15) is 11.3 Å². The Morgan fingerprint density at radius 2 is 2.05 bits per heavy atom. The van der Waals surface area contributed by atoms with Crippen molar-refractivity contribution in [1.29, 1.82) is 0 Å². The van der Waals surface area contributed by atoms with Gasteiger partial charge in [-0.1, -0.05) is 12.1 Å². The Morgan fingerprint density at radius 1 is 1.24 bits per heavy atom. The third-order valence-electron chi connectivity index (χ3n) is 3.23. The highest BCUT2D eigenvalue weighted by Gasteiger charge is 2.34. The Morgan fingerprint density at radius 3 is 2.76 bits per heavy atom. The van der Waals surface area contributed by atoms with Crippen LogP contribution in [-0.4, -0.2) is 23.6 Å². The smallest absolute Gasteiger partial charge is 0.433 e. The molecule has 0 saturated carbocycles. The summed E-state index contributed by atoms with van der Waals surface area (Å²) in [5.41, 5.74) is 0.743. The summed E-state index contributed by atoms with van der Waals surface area (Å²) in [4.78, 5) is 7.57. The van der Waals surface area contributed by atoms with Crippen LogP contribution in [0.25, 0.3) is 11.3 Å². The van der Waals surface area contributed by atoms with Gasteiger partial charge < -0.3 is 10.1 Å². The van der Waals surface area contributed by atoms with Gasteiger partial charge in [-0.3, -0.25) is 0 Å². The van der Waals surface area contributed by atoms with Gasteiger partial charge in [0.05, 0.1) is 12.3 Å². The standard InChI is InChI=1S/C14H12F3N3O/c1-18-13-19-10(7-11(20-13)14(15,16)17)9-4-2-3-8-5-6-21-12(8)9/h2-4,7H,5-6H2,1H3,(H,18,19,20). The summed E-state index contributed by atoms with van der Waals surface area (Å²) < 4.78 is 44.3. The minimum Gasteiger partial charge on any atom is -0.492 e. The minimum atomic E-state index is -4.53. The molecule has 21 heavy (non-hydrogen) atoms. The summed E-state index contributed by atoms with van der Waals surface area (Å²) in [5.74, 6) is 0.529. The normalized spacial score (nSPS) is 13.7. The molecule has 0 spiro atoms. The quantitative estimate of drug-likeness (QED) is 0.924. The Bertz CT molecular complexity index is 686. The second-order valence-corrected chi connectivity index (χ2v) is 4.60. The molecule has 0 saturated heterocycles. The molecule has 0 radical (unpaired) electrons. The first kappa shape index (κ1) is 13.7. The zero-order valence-corrected chi connectivity index (χ0v) is 11.2. The van der Waals surface area contributed by atoms with Gasteiger partial charge in [0.25, 0.3) is 0 Å². The second kappa shape index (κ2) is 4.91. The monoisotopic (exact) mass is 295 g/mol. The zero-order chi connectivity index (χ0) is 15.0. The first-order valence-corrected chi connectivity index (χ1v) is 6.38. The van der Waals surface area contributed by atoms with Gasteiger partial charge in [0.1, 0.15) is 5.75 Å². The number of anilines is 1. The van der Waals surface area contributed by atoms with E-state index in [1.54, 1.807) is 12.1 Å². The molecule has 1 aliphatic rings. The fourth-order valence-electron chi connectivity index (χ4n) is 2.26. The van der Waals surface area contributed by atoms with Gasteiger partial charge in [0.15, 0.2) is 5.69 Å². The lowest BCUT2D eigenvalue weighted by molar-refractivity contribution is -0.141. The van der Waals surface area contributed by atoms with Crippen molar-refractivity contribution in [3.8, 4) is 17.0 Å². The van der Waals surface area contributed by atoms with Crippen molar-refractivity contribution >= 4 is 5.95 Å². The highest BCUT2D eigenvalue weighted by molar-refractivity contribution is 5.71. The molecule has 0 aliphatic carbocycles. The fraction of sp³-hybridized carbons (Fsp3) is 0.286. The summed E-state index contributed by atoms with van der Waals surface area (Å²) in [6.07, 6.45) is -3.78. The summed E-state index contributed by atoms with van der Waals surface area (Å²) in [6.45, 7) is 0.530. The van der Waals surface area contributed by atoms with Crippen LogP contribution in [0.3, 0.4) is 0 Å². The number of aromatic nitrogens is 2. The molecule has 0 amide bonds. The van der Waals surface area contributed by atoms with Crippen molar-refractivity contribution in [2.24, 2.45) is 0 Å². The van der Waals surface area contributed by atoms with Gasteiger partial charge in [-0.2, -0.15) is 13.2 Å². The van der Waals surface area contributed by atoms with E-state index in [-0.39, 0.29) is 11.6 Å². The van der Waals surface area contributed by atoms with E-state index in [0.717, 1.165) is 18.1 Å². The van der Waals surface area contributed by atoms with Crippen molar-refractivity contribution in [3.63, 3.8) is 0 Å². The minimum absolute atomic E-state index is 0.0737. The van der Waals surface area contributed by atoms with Crippen LogP contribution in [0.5, 0.6) is 5.75 Å². The number of hydrogen-bond acceptors (Lipinski definition) is 4. The van der Waals surface area contributed by atoms with E-state index >= 15 is 0 Å². The molecule has 2 aromatic rings. The van der Waals surface area contributed by atoms with Crippen LogP contribution >= 0.6 is 0 Å². The second-order valence-electron chi connectivity index (χ2n) is 4.60. The van der Waals surface area contributed by atoms with Gasteiger partial charge in [-0.05, 0) is 17.7 Å². The van der Waals surface area contributed by atoms with Crippen molar-refractivity contribution in [1.82, 2.24) is 9.97 Å². The van der Waals surface area contributed by atoms with Crippen LogP contribution in [-0.2, 0) is 12.6 Å². The average molecular weight is 295 g/mol. The van der Waals surface area contributed by atoms with Gasteiger partial charge in [0.2, 0.25) is 5.95 Å². The Kier molecular flexibility index (Phi) is 3.19. The van der Waals surface area contributed by atoms with E-state index in [9.17, 15) is 13.2 Å². The van der Waals surface area contributed by atoms with Crippen LogP contribution in [0, 0.1) is 0 Å². The number of hydrogen-bond donors (Lipinski definition) is 1. The third-order valence-corrected chi connectivity index (χ3v) is 3.23. The molecule has 110 valence electrons. The molecule has 2 heterocycles. The number of benzene rings is 1. The number of ether oxygens (including phenoxy) is 1. The maximum atomic E-state index is 12.9. The molecule has 1 N–H and O–H groups in total. The van der Waals surface area contributed by atoms with Gasteiger partial charge in [-0.25, -0.2) is 9.97 Å². The predicted molar refractivity (Wildman–Crippen MR) is 71.2 cm³/mol. The molecular weight excluding hydrogens is 283 g/mol. The number of rotatable bonds is 2. The molecule has 3 rings (SSSR count). The summed E-state index contributed by atoms with van der Waals surface area (Å²) in [6, 6.07) is 6.33. The summed E-state index contributed by atoms with van der Waals surface area (Å²) in [7, 11) is 1.48. The van der Waals surface area contributed by atoms with Crippen LogP contribution in [0.2, 0.25) is 0 Å². The molecule has 4 nitrogen and oxygen atoms in total. The van der Waals surface area contributed by atoms with E-state index in [2.05, 4.69) is 15.3 Å². The molecule has 0 bridgehead atoms. The predicted octanol–water partition coefficient (Wildman–Crippen LogP) is 3.14. The van der Waals surface area contributed by atoms with Gasteiger partial charge in [0, 0.05) is 19.0 Å². The molecule has 0 fully saturated rings. The van der Waals surface area contributed by atoms with E-state index in [1.807, 2.05) is 6.07 Å². The highest BCUT2D eigenvalue weighted by Crippen LogP contribution is 2.38. The number of fused-ring (bicyclic) bond motifs is 1. The number of para-hydroxylation sites is 1.